The van der Waals surface area contributed by atoms with Crippen molar-refractivity contribution >= 4 is 23.2 Å². The first-order valence-corrected chi connectivity index (χ1v) is 8.39. The summed E-state index contributed by atoms with van der Waals surface area (Å²) in [5.74, 6) is -0.712. The van der Waals surface area contributed by atoms with Gasteiger partial charge in [0.1, 0.15) is 18.9 Å². The van der Waals surface area contributed by atoms with E-state index in [1.807, 2.05) is 0 Å². The Labute approximate surface area is 144 Å². The van der Waals surface area contributed by atoms with Crippen LogP contribution in [0.4, 0.5) is 4.39 Å². The molecular formula is C16H20ClFN3O3+. The Morgan fingerprint density at radius 1 is 1.42 bits per heavy atom. The number of carbonyl (C=O) groups is 1. The predicted octanol–water partition coefficient (Wildman–Crippen LogP) is 0.00340. The van der Waals surface area contributed by atoms with Crippen LogP contribution in [0.25, 0.3) is 0 Å². The second-order valence-electron chi connectivity index (χ2n) is 5.84. The maximum absolute atomic E-state index is 13.9. The monoisotopic (exact) mass is 356 g/mol. The van der Waals surface area contributed by atoms with Gasteiger partial charge < -0.3 is 19.8 Å². The number of carbonyl (C=O) groups excluding carboxylic acids is 1. The van der Waals surface area contributed by atoms with Crippen molar-refractivity contribution in [3.63, 3.8) is 0 Å². The fourth-order valence-electron chi connectivity index (χ4n) is 2.83. The molecule has 1 fully saturated rings. The maximum atomic E-state index is 13.9. The molecule has 8 heteroatoms. The number of nitrogens with zero attached hydrogens (tertiary/aromatic N) is 1. The van der Waals surface area contributed by atoms with E-state index >= 15 is 0 Å². The Hall–Kier alpha value is -1.70. The van der Waals surface area contributed by atoms with Crippen molar-refractivity contribution in [1.82, 2.24) is 5.32 Å². The Morgan fingerprint density at radius 2 is 2.21 bits per heavy atom. The highest BCUT2D eigenvalue weighted by molar-refractivity contribution is 6.34. The molecule has 0 aromatic heterocycles. The quantitative estimate of drug-likeness (QED) is 0.781. The smallest absolute Gasteiger partial charge is 0.264 e. The van der Waals surface area contributed by atoms with Crippen LogP contribution in [0.3, 0.4) is 0 Å². The summed E-state index contributed by atoms with van der Waals surface area (Å²) in [4.78, 5) is 18.7. The van der Waals surface area contributed by atoms with E-state index in [0.717, 1.165) is 32.8 Å². The van der Waals surface area contributed by atoms with Crippen molar-refractivity contribution < 1.29 is 23.7 Å². The number of morpholine rings is 1. The lowest BCUT2D eigenvalue weighted by Gasteiger charge is -2.23. The number of hydrogen-bond donors (Lipinski definition) is 2. The minimum absolute atomic E-state index is 0.201. The number of halogens is 2. The molecule has 2 N–H and O–H groups in total. The van der Waals surface area contributed by atoms with Crippen molar-refractivity contribution in [1.29, 1.82) is 0 Å². The van der Waals surface area contributed by atoms with Crippen LogP contribution >= 0.6 is 11.6 Å². The first kappa shape index (κ1) is 17.1. The maximum Gasteiger partial charge on any atom is 0.264 e. The molecule has 1 amide bonds. The van der Waals surface area contributed by atoms with Crippen LogP contribution in [0.1, 0.15) is 12.0 Å². The molecule has 1 atom stereocenters. The van der Waals surface area contributed by atoms with E-state index in [-0.39, 0.29) is 22.9 Å². The molecular weight excluding hydrogens is 337 g/mol. The number of rotatable bonds is 5. The highest BCUT2D eigenvalue weighted by atomic mass is 35.5. The fourth-order valence-corrected chi connectivity index (χ4v) is 3.10. The molecule has 6 nitrogen and oxygen atoms in total. The molecule has 1 saturated heterocycles. The summed E-state index contributed by atoms with van der Waals surface area (Å²) in [6.07, 6.45) is -0.535. The third-order valence-corrected chi connectivity index (χ3v) is 4.51. The number of oxime groups is 1. The summed E-state index contributed by atoms with van der Waals surface area (Å²) in [6, 6.07) is 4.42. The Balaban J connectivity index is 1.48. The highest BCUT2D eigenvalue weighted by Crippen LogP contribution is 2.25. The van der Waals surface area contributed by atoms with Crippen molar-refractivity contribution in [2.24, 2.45) is 5.16 Å². The van der Waals surface area contributed by atoms with Crippen molar-refractivity contribution in [3.8, 4) is 0 Å². The molecule has 0 radical (unpaired) electrons. The molecule has 130 valence electrons. The van der Waals surface area contributed by atoms with Gasteiger partial charge in [0, 0.05) is 6.42 Å². The van der Waals surface area contributed by atoms with E-state index in [9.17, 15) is 9.18 Å². The molecule has 2 aliphatic rings. The third kappa shape index (κ3) is 4.03. The van der Waals surface area contributed by atoms with Gasteiger partial charge in [-0.1, -0.05) is 22.8 Å². The van der Waals surface area contributed by atoms with Crippen LogP contribution in [-0.4, -0.2) is 57.1 Å². The molecule has 0 spiro atoms. The Kier molecular flexibility index (Phi) is 5.65. The highest BCUT2D eigenvalue weighted by Gasteiger charge is 2.31. The predicted molar refractivity (Wildman–Crippen MR) is 86.8 cm³/mol. The summed E-state index contributed by atoms with van der Waals surface area (Å²) < 4.78 is 19.2. The van der Waals surface area contributed by atoms with Gasteiger partial charge in [-0.15, -0.1) is 0 Å². The van der Waals surface area contributed by atoms with Gasteiger partial charge in [0.25, 0.3) is 5.91 Å². The van der Waals surface area contributed by atoms with Gasteiger partial charge in [-0.05, 0) is 12.1 Å². The molecule has 0 saturated carbocycles. The van der Waals surface area contributed by atoms with Crippen LogP contribution in [0.15, 0.2) is 23.4 Å². The van der Waals surface area contributed by atoms with Gasteiger partial charge in [-0.25, -0.2) is 4.39 Å². The molecule has 2 aliphatic heterocycles. The second-order valence-corrected chi connectivity index (χ2v) is 6.24. The van der Waals surface area contributed by atoms with Crippen molar-refractivity contribution in [2.45, 2.75) is 12.5 Å². The summed E-state index contributed by atoms with van der Waals surface area (Å²) >= 11 is 6.02. The van der Waals surface area contributed by atoms with Crippen LogP contribution in [0, 0.1) is 5.82 Å². The first-order valence-electron chi connectivity index (χ1n) is 8.01. The summed E-state index contributed by atoms with van der Waals surface area (Å²) in [7, 11) is 0. The summed E-state index contributed by atoms with van der Waals surface area (Å²) in [6.45, 7) is 4.83. The zero-order valence-corrected chi connectivity index (χ0v) is 13.9. The van der Waals surface area contributed by atoms with Crippen molar-refractivity contribution in [3.05, 3.63) is 34.6 Å². The van der Waals surface area contributed by atoms with Crippen molar-refractivity contribution in [2.75, 3.05) is 39.4 Å². The van der Waals surface area contributed by atoms with Gasteiger partial charge in [0.05, 0.1) is 42.6 Å². The lowest BCUT2D eigenvalue weighted by atomic mass is 10.0. The van der Waals surface area contributed by atoms with Gasteiger partial charge in [-0.3, -0.25) is 4.79 Å². The fraction of sp³-hybridized carbons (Fsp3) is 0.500. The summed E-state index contributed by atoms with van der Waals surface area (Å²) in [5, 5.41) is 6.94. The number of hydrogen-bond acceptors (Lipinski definition) is 4. The van der Waals surface area contributed by atoms with Gasteiger partial charge in [0.2, 0.25) is 6.10 Å². The third-order valence-electron chi connectivity index (χ3n) is 4.19. The largest absolute Gasteiger partial charge is 0.382 e. The topological polar surface area (TPSA) is 64.4 Å². The average Bonchev–Trinajstić information content (AvgIpc) is 3.05. The normalized spacial score (nSPS) is 21.2. The van der Waals surface area contributed by atoms with E-state index in [2.05, 4.69) is 10.5 Å². The van der Waals surface area contributed by atoms with Crippen LogP contribution in [-0.2, 0) is 14.4 Å². The zero-order valence-electron chi connectivity index (χ0n) is 13.2. The molecule has 1 aromatic rings. The Morgan fingerprint density at radius 3 is 2.96 bits per heavy atom. The summed E-state index contributed by atoms with van der Waals surface area (Å²) in [5.41, 5.74) is 0.560. The van der Waals surface area contributed by atoms with E-state index < -0.39 is 11.9 Å². The molecule has 3 rings (SSSR count). The minimum Gasteiger partial charge on any atom is -0.382 e. The molecule has 0 aliphatic carbocycles. The van der Waals surface area contributed by atoms with Gasteiger partial charge in [0.15, 0.2) is 0 Å². The van der Waals surface area contributed by atoms with Gasteiger partial charge in [-0.2, -0.15) is 0 Å². The number of quaternary nitrogens is 1. The molecule has 0 unspecified atom stereocenters. The van der Waals surface area contributed by atoms with E-state index in [0.29, 0.717) is 12.3 Å². The molecule has 24 heavy (non-hydrogen) atoms. The number of nitrogens with one attached hydrogen (secondary N) is 2. The first-order chi connectivity index (χ1) is 11.6. The lowest BCUT2D eigenvalue weighted by molar-refractivity contribution is -0.906. The zero-order chi connectivity index (χ0) is 16.9. The average molecular weight is 357 g/mol. The minimum atomic E-state index is -0.740. The standard InChI is InChI=1S/C16H19ClFN3O3/c17-11-2-1-3-12(18)15(11)13-10-14(24-20-13)16(22)19-4-5-21-6-8-23-9-7-21/h1-3,14H,4-10H2,(H,19,22)/p+1/t14-/m1/s1. The number of benzene rings is 1. The van der Waals surface area contributed by atoms with E-state index in [1.54, 1.807) is 6.07 Å². The molecule has 1 aromatic carbocycles. The molecule has 0 bridgehead atoms. The van der Waals surface area contributed by atoms with Crippen LogP contribution in [0.5, 0.6) is 0 Å². The number of amides is 1. The van der Waals surface area contributed by atoms with Crippen LogP contribution < -0.4 is 10.2 Å². The second kappa shape index (κ2) is 7.92. The molecule has 2 heterocycles. The van der Waals surface area contributed by atoms with Gasteiger partial charge >= 0.3 is 0 Å². The van der Waals surface area contributed by atoms with E-state index in [1.165, 1.54) is 17.0 Å². The lowest BCUT2D eigenvalue weighted by Crippen LogP contribution is -3.14. The van der Waals surface area contributed by atoms with Crippen LogP contribution in [0.2, 0.25) is 5.02 Å². The number of ether oxygens (including phenoxy) is 1. The Bertz CT molecular complexity index is 615. The van der Waals surface area contributed by atoms with E-state index in [4.69, 9.17) is 21.2 Å². The SMILES string of the molecule is O=C(NCC[NH+]1CCOCC1)[C@H]1CC(c2c(F)cccc2Cl)=NO1.